The Morgan fingerprint density at radius 2 is 2.00 bits per heavy atom. The van der Waals surface area contributed by atoms with Crippen molar-refractivity contribution in [3.8, 4) is 5.75 Å². The molecule has 0 saturated heterocycles. The first-order chi connectivity index (χ1) is 8.97. The monoisotopic (exact) mass is 376 g/mol. The van der Waals surface area contributed by atoms with Crippen molar-refractivity contribution < 1.29 is 9.13 Å². The molecule has 2 rings (SSSR count). The van der Waals surface area contributed by atoms with Crippen LogP contribution in [0.1, 0.15) is 51.5 Å². The largest absolute Gasteiger partial charge is 0.492 e. The molecule has 0 radical (unpaired) electrons. The van der Waals surface area contributed by atoms with Crippen LogP contribution in [0.3, 0.4) is 0 Å². The lowest BCUT2D eigenvalue weighted by Gasteiger charge is -2.17. The zero-order chi connectivity index (χ0) is 14.0. The molecule has 0 aliphatic heterocycles. The molecule has 0 bridgehead atoms. The molecule has 0 spiro atoms. The van der Waals surface area contributed by atoms with Gasteiger partial charge in [0.15, 0.2) is 0 Å². The van der Waals surface area contributed by atoms with Gasteiger partial charge in [0.1, 0.15) is 11.6 Å². The minimum Gasteiger partial charge on any atom is -0.492 e. The summed E-state index contributed by atoms with van der Waals surface area (Å²) in [5.74, 6) is 2.28. The minimum atomic E-state index is -0.101. The van der Waals surface area contributed by atoms with E-state index in [9.17, 15) is 4.39 Å². The van der Waals surface area contributed by atoms with Gasteiger partial charge in [-0.15, -0.1) is 0 Å². The molecule has 1 saturated carbocycles. The Kier molecular flexibility index (Phi) is 5.09. The van der Waals surface area contributed by atoms with E-state index in [4.69, 9.17) is 4.74 Å². The molecule has 1 nitrogen and oxygen atoms in total. The summed E-state index contributed by atoms with van der Waals surface area (Å²) in [5, 5.41) is 0. The molecule has 1 aromatic rings. The number of rotatable bonds is 6. The van der Waals surface area contributed by atoms with Crippen LogP contribution >= 0.6 is 22.6 Å². The highest BCUT2D eigenvalue weighted by molar-refractivity contribution is 14.1. The Morgan fingerprint density at radius 1 is 1.32 bits per heavy atom. The van der Waals surface area contributed by atoms with E-state index in [0.717, 1.165) is 33.8 Å². The molecule has 1 aliphatic carbocycles. The van der Waals surface area contributed by atoms with Gasteiger partial charge in [-0.2, -0.15) is 0 Å². The summed E-state index contributed by atoms with van der Waals surface area (Å²) in [6, 6.07) is 3.52. The fourth-order valence-corrected chi connectivity index (χ4v) is 2.94. The van der Waals surface area contributed by atoms with Crippen LogP contribution in [-0.2, 0) is 0 Å². The normalized spacial score (nSPS) is 16.7. The Hall–Kier alpha value is -0.320. The van der Waals surface area contributed by atoms with Gasteiger partial charge in [-0.1, -0.05) is 20.8 Å². The second-order valence-corrected chi connectivity index (χ2v) is 7.25. The quantitative estimate of drug-likeness (QED) is 0.607. The van der Waals surface area contributed by atoms with Gasteiger partial charge < -0.3 is 4.74 Å². The van der Waals surface area contributed by atoms with Crippen molar-refractivity contribution in [2.24, 2.45) is 11.8 Å². The Bertz CT molecular complexity index is 441. The van der Waals surface area contributed by atoms with Crippen molar-refractivity contribution in [2.45, 2.75) is 46.0 Å². The highest BCUT2D eigenvalue weighted by atomic mass is 127. The first-order valence-electron chi connectivity index (χ1n) is 7.09. The molecule has 0 aromatic heterocycles. The SMILES string of the molecule is CC(C)CC(C)c1cc(OCC2CC2)c(I)cc1F. The third-order valence-electron chi connectivity index (χ3n) is 3.58. The molecular weight excluding hydrogens is 354 g/mol. The van der Waals surface area contributed by atoms with Gasteiger partial charge in [0.2, 0.25) is 0 Å². The summed E-state index contributed by atoms with van der Waals surface area (Å²) in [6.45, 7) is 7.22. The molecule has 19 heavy (non-hydrogen) atoms. The van der Waals surface area contributed by atoms with E-state index in [1.54, 1.807) is 6.07 Å². The van der Waals surface area contributed by atoms with Gasteiger partial charge in [-0.25, -0.2) is 4.39 Å². The average molecular weight is 376 g/mol. The van der Waals surface area contributed by atoms with Gasteiger partial charge >= 0.3 is 0 Å². The van der Waals surface area contributed by atoms with Crippen molar-refractivity contribution in [3.63, 3.8) is 0 Å². The third-order valence-corrected chi connectivity index (χ3v) is 4.42. The fourth-order valence-electron chi connectivity index (χ4n) is 2.36. The number of benzene rings is 1. The highest BCUT2D eigenvalue weighted by Crippen LogP contribution is 2.34. The smallest absolute Gasteiger partial charge is 0.133 e. The van der Waals surface area contributed by atoms with Gasteiger partial charge in [0, 0.05) is 0 Å². The van der Waals surface area contributed by atoms with Crippen molar-refractivity contribution in [3.05, 3.63) is 27.1 Å². The highest BCUT2D eigenvalue weighted by Gasteiger charge is 2.23. The zero-order valence-corrected chi connectivity index (χ0v) is 14.0. The van der Waals surface area contributed by atoms with Crippen LogP contribution in [0.5, 0.6) is 5.75 Å². The van der Waals surface area contributed by atoms with Gasteiger partial charge in [0.05, 0.1) is 10.2 Å². The van der Waals surface area contributed by atoms with Crippen LogP contribution in [0, 0.1) is 21.2 Å². The molecule has 1 atom stereocenters. The molecule has 3 heteroatoms. The standard InChI is InChI=1S/C16H22FIO/c1-10(2)6-11(3)13-7-16(15(18)8-14(13)17)19-9-12-4-5-12/h7-8,10-12H,4-6,9H2,1-3H3. The number of hydrogen-bond donors (Lipinski definition) is 0. The molecule has 0 amide bonds. The molecule has 1 aromatic carbocycles. The topological polar surface area (TPSA) is 9.23 Å². The lowest BCUT2D eigenvalue weighted by molar-refractivity contribution is 0.296. The van der Waals surface area contributed by atoms with Crippen molar-refractivity contribution in [1.29, 1.82) is 0 Å². The maximum absolute atomic E-state index is 14.1. The Morgan fingerprint density at radius 3 is 2.58 bits per heavy atom. The Labute approximate surface area is 129 Å². The second-order valence-electron chi connectivity index (χ2n) is 6.09. The van der Waals surface area contributed by atoms with Crippen LogP contribution in [0.15, 0.2) is 12.1 Å². The molecule has 1 fully saturated rings. The van der Waals surface area contributed by atoms with Gasteiger partial charge in [0.25, 0.3) is 0 Å². The van der Waals surface area contributed by atoms with Crippen LogP contribution in [0.25, 0.3) is 0 Å². The lowest BCUT2D eigenvalue weighted by Crippen LogP contribution is -2.05. The zero-order valence-electron chi connectivity index (χ0n) is 11.9. The van der Waals surface area contributed by atoms with Crippen LogP contribution < -0.4 is 4.74 Å². The van der Waals surface area contributed by atoms with E-state index >= 15 is 0 Å². The van der Waals surface area contributed by atoms with E-state index in [1.165, 1.54) is 12.8 Å². The van der Waals surface area contributed by atoms with Gasteiger partial charge in [-0.05, 0) is 77.3 Å². The Balaban J connectivity index is 2.14. The molecule has 0 N–H and O–H groups in total. The third kappa shape index (κ3) is 4.33. The van der Waals surface area contributed by atoms with E-state index in [1.807, 2.05) is 6.07 Å². The van der Waals surface area contributed by atoms with Crippen molar-refractivity contribution in [1.82, 2.24) is 0 Å². The number of ether oxygens (including phenoxy) is 1. The average Bonchev–Trinajstić information content (AvgIpc) is 3.10. The molecule has 1 unspecified atom stereocenters. The number of hydrogen-bond acceptors (Lipinski definition) is 1. The maximum Gasteiger partial charge on any atom is 0.133 e. The summed E-state index contributed by atoms with van der Waals surface area (Å²) in [4.78, 5) is 0. The first-order valence-corrected chi connectivity index (χ1v) is 8.17. The molecule has 1 aliphatic rings. The minimum absolute atomic E-state index is 0.101. The van der Waals surface area contributed by atoms with E-state index in [-0.39, 0.29) is 11.7 Å². The van der Waals surface area contributed by atoms with Crippen molar-refractivity contribution >= 4 is 22.6 Å². The summed E-state index contributed by atoms with van der Waals surface area (Å²) in [5.41, 5.74) is 0.792. The maximum atomic E-state index is 14.1. The van der Waals surface area contributed by atoms with E-state index in [2.05, 4.69) is 43.4 Å². The summed E-state index contributed by atoms with van der Waals surface area (Å²) < 4.78 is 20.8. The van der Waals surface area contributed by atoms with Crippen molar-refractivity contribution in [2.75, 3.05) is 6.61 Å². The number of halogens is 2. The molecule has 106 valence electrons. The summed E-state index contributed by atoms with van der Waals surface area (Å²) in [6.07, 6.45) is 3.54. The molecule has 0 heterocycles. The van der Waals surface area contributed by atoms with E-state index in [0.29, 0.717) is 5.92 Å². The van der Waals surface area contributed by atoms with Gasteiger partial charge in [-0.3, -0.25) is 0 Å². The van der Waals surface area contributed by atoms with Crippen LogP contribution in [-0.4, -0.2) is 6.61 Å². The predicted octanol–water partition coefficient (Wildman–Crippen LogP) is 5.37. The fraction of sp³-hybridized carbons (Fsp3) is 0.625. The lowest BCUT2D eigenvalue weighted by atomic mass is 9.91. The molecular formula is C16H22FIO. The first kappa shape index (κ1) is 15.1. The van der Waals surface area contributed by atoms with E-state index < -0.39 is 0 Å². The summed E-state index contributed by atoms with van der Waals surface area (Å²) >= 11 is 2.15. The van der Waals surface area contributed by atoms with Crippen LogP contribution in [0.2, 0.25) is 0 Å². The predicted molar refractivity (Wildman–Crippen MR) is 85.2 cm³/mol. The second kappa shape index (κ2) is 6.42. The van der Waals surface area contributed by atoms with Crippen LogP contribution in [0.4, 0.5) is 4.39 Å². The summed E-state index contributed by atoms with van der Waals surface area (Å²) in [7, 11) is 0.